The van der Waals surface area contributed by atoms with Crippen molar-refractivity contribution >= 4 is 35.0 Å². The summed E-state index contributed by atoms with van der Waals surface area (Å²) in [5.74, 6) is 0.278. The molecule has 0 atom stereocenters. The fourth-order valence-electron chi connectivity index (χ4n) is 3.49. The number of hydrogen-bond donors (Lipinski definition) is 2. The molecule has 3 rings (SSSR count). The molecule has 186 valence electrons. The van der Waals surface area contributed by atoms with Crippen molar-refractivity contribution in [2.24, 2.45) is 0 Å². The molecule has 0 saturated carbocycles. The van der Waals surface area contributed by atoms with E-state index in [1.807, 2.05) is 44.2 Å². The molecule has 2 aromatic carbocycles. The van der Waals surface area contributed by atoms with Gasteiger partial charge in [-0.1, -0.05) is 57.8 Å². The Balaban J connectivity index is 1.80. The van der Waals surface area contributed by atoms with E-state index in [0.717, 1.165) is 29.8 Å². The lowest BCUT2D eigenvalue weighted by atomic mass is 9.92. The zero-order chi connectivity index (χ0) is 25.6. The van der Waals surface area contributed by atoms with Crippen molar-refractivity contribution in [2.45, 2.75) is 52.9 Å². The third kappa shape index (κ3) is 7.33. The molecular formula is C27H34ClN5O2. The fourth-order valence-corrected chi connectivity index (χ4v) is 3.61. The van der Waals surface area contributed by atoms with Gasteiger partial charge in [0, 0.05) is 28.7 Å². The minimum atomic E-state index is -0.335. The van der Waals surface area contributed by atoms with Gasteiger partial charge in [0.15, 0.2) is 0 Å². The molecule has 0 unspecified atom stereocenters. The van der Waals surface area contributed by atoms with Crippen LogP contribution in [0.1, 0.15) is 51.8 Å². The summed E-state index contributed by atoms with van der Waals surface area (Å²) in [5, 5.41) is 11.2. The van der Waals surface area contributed by atoms with Gasteiger partial charge in [-0.05, 0) is 55.3 Å². The van der Waals surface area contributed by atoms with Crippen LogP contribution in [0.4, 0.5) is 16.3 Å². The number of rotatable bonds is 8. The van der Waals surface area contributed by atoms with Crippen molar-refractivity contribution in [1.82, 2.24) is 14.7 Å². The molecule has 1 heterocycles. The molecule has 0 aliphatic carbocycles. The summed E-state index contributed by atoms with van der Waals surface area (Å²) in [4.78, 5) is 27.6. The maximum Gasteiger partial charge on any atom is 0.322 e. The largest absolute Gasteiger partial charge is 0.322 e. The molecule has 3 amide bonds. The number of unbranched alkanes of at least 4 members (excludes halogenated alkanes) is 1. The van der Waals surface area contributed by atoms with Gasteiger partial charge >= 0.3 is 6.03 Å². The summed E-state index contributed by atoms with van der Waals surface area (Å²) >= 11 is 5.94. The minimum Gasteiger partial charge on any atom is -0.315 e. The lowest BCUT2D eigenvalue weighted by molar-refractivity contribution is -0.116. The molecule has 1 aromatic heterocycles. The molecule has 3 aromatic rings. The number of benzene rings is 2. The number of urea groups is 1. The number of anilines is 2. The summed E-state index contributed by atoms with van der Waals surface area (Å²) in [7, 11) is 0. The predicted molar refractivity (Wildman–Crippen MR) is 143 cm³/mol. The van der Waals surface area contributed by atoms with E-state index in [1.54, 1.807) is 28.9 Å². The van der Waals surface area contributed by atoms with Gasteiger partial charge in [0.2, 0.25) is 5.91 Å². The van der Waals surface area contributed by atoms with E-state index in [9.17, 15) is 9.59 Å². The van der Waals surface area contributed by atoms with E-state index in [0.29, 0.717) is 23.1 Å². The summed E-state index contributed by atoms with van der Waals surface area (Å²) in [6.07, 6.45) is 1.69. The topological polar surface area (TPSA) is 79.3 Å². The lowest BCUT2D eigenvalue weighted by Crippen LogP contribution is -2.41. The van der Waals surface area contributed by atoms with Crippen LogP contribution in [0.25, 0.3) is 5.69 Å². The Hall–Kier alpha value is -3.32. The standard InChI is InChI=1S/C27H34ClN5O2/c1-6-7-15-32(26(35)29-21-13-11-20(28)12-14-21)18-25(34)30-24-17-23(27(3,4)5)31-33(24)22-10-8-9-19(2)16-22/h8-14,16-17H,6-7,15,18H2,1-5H3,(H,29,35)(H,30,34). The second-order valence-corrected chi connectivity index (χ2v) is 10.1. The highest BCUT2D eigenvalue weighted by atomic mass is 35.5. The van der Waals surface area contributed by atoms with Gasteiger partial charge in [0.1, 0.15) is 12.4 Å². The first-order chi connectivity index (χ1) is 16.6. The minimum absolute atomic E-state index is 0.0801. The predicted octanol–water partition coefficient (Wildman–Crippen LogP) is 6.40. The maximum atomic E-state index is 13.1. The lowest BCUT2D eigenvalue weighted by Gasteiger charge is -2.22. The molecule has 0 radical (unpaired) electrons. The number of hydrogen-bond acceptors (Lipinski definition) is 3. The van der Waals surface area contributed by atoms with Crippen LogP contribution < -0.4 is 10.6 Å². The van der Waals surface area contributed by atoms with Crippen molar-refractivity contribution in [3.05, 3.63) is 70.9 Å². The fraction of sp³-hybridized carbons (Fsp3) is 0.370. The van der Waals surface area contributed by atoms with Gasteiger partial charge in [0.05, 0.1) is 11.4 Å². The first-order valence-corrected chi connectivity index (χ1v) is 12.2. The molecule has 0 fully saturated rings. The summed E-state index contributed by atoms with van der Waals surface area (Å²) in [5.41, 5.74) is 3.24. The first-order valence-electron chi connectivity index (χ1n) is 11.9. The Bertz CT molecular complexity index is 1170. The maximum absolute atomic E-state index is 13.1. The zero-order valence-electron chi connectivity index (χ0n) is 21.1. The third-order valence-corrected chi connectivity index (χ3v) is 5.74. The first kappa shape index (κ1) is 26.3. The SMILES string of the molecule is CCCCN(CC(=O)Nc1cc(C(C)(C)C)nn1-c1cccc(C)c1)C(=O)Nc1ccc(Cl)cc1. The van der Waals surface area contributed by atoms with Gasteiger partial charge in [0.25, 0.3) is 0 Å². The Morgan fingerprint density at radius 3 is 2.40 bits per heavy atom. The number of aryl methyl sites for hydroxylation is 1. The summed E-state index contributed by atoms with van der Waals surface area (Å²) < 4.78 is 1.75. The molecule has 2 N–H and O–H groups in total. The molecule has 0 saturated heterocycles. The molecule has 0 spiro atoms. The quantitative estimate of drug-likeness (QED) is 0.379. The average Bonchev–Trinajstić information content (AvgIpc) is 3.22. The van der Waals surface area contributed by atoms with Crippen LogP contribution in [-0.2, 0) is 10.2 Å². The highest BCUT2D eigenvalue weighted by molar-refractivity contribution is 6.30. The van der Waals surface area contributed by atoms with Crippen molar-refractivity contribution in [3.63, 3.8) is 0 Å². The van der Waals surface area contributed by atoms with Crippen LogP contribution in [0.3, 0.4) is 0 Å². The van der Waals surface area contributed by atoms with Crippen LogP contribution >= 0.6 is 11.6 Å². The van der Waals surface area contributed by atoms with Gasteiger partial charge < -0.3 is 15.5 Å². The number of nitrogens with one attached hydrogen (secondary N) is 2. The number of amides is 3. The van der Waals surface area contributed by atoms with Gasteiger partial charge in [-0.15, -0.1) is 0 Å². The average molecular weight is 496 g/mol. The number of aromatic nitrogens is 2. The van der Waals surface area contributed by atoms with Gasteiger partial charge in [-0.3, -0.25) is 4.79 Å². The summed E-state index contributed by atoms with van der Waals surface area (Å²) in [6, 6.07) is 16.4. The number of nitrogens with zero attached hydrogens (tertiary/aromatic N) is 3. The Labute approximate surface area is 212 Å². The highest BCUT2D eigenvalue weighted by Crippen LogP contribution is 2.26. The number of halogens is 1. The van der Waals surface area contributed by atoms with E-state index >= 15 is 0 Å². The number of carbonyl (C=O) groups excluding carboxylic acids is 2. The van der Waals surface area contributed by atoms with Crippen LogP contribution in [0.15, 0.2) is 54.6 Å². The molecule has 7 nitrogen and oxygen atoms in total. The molecular weight excluding hydrogens is 462 g/mol. The monoisotopic (exact) mass is 495 g/mol. The van der Waals surface area contributed by atoms with E-state index in [1.165, 1.54) is 4.90 Å². The molecule has 0 aliphatic heterocycles. The summed E-state index contributed by atoms with van der Waals surface area (Å²) in [6.45, 7) is 10.7. The Kier molecular flexibility index (Phi) is 8.57. The Morgan fingerprint density at radius 2 is 1.77 bits per heavy atom. The highest BCUT2D eigenvalue weighted by Gasteiger charge is 2.23. The van der Waals surface area contributed by atoms with Crippen molar-refractivity contribution < 1.29 is 9.59 Å². The Morgan fingerprint density at radius 1 is 1.06 bits per heavy atom. The van der Waals surface area contributed by atoms with Crippen LogP contribution in [0.2, 0.25) is 5.02 Å². The van der Waals surface area contributed by atoms with Crippen LogP contribution in [0, 0.1) is 6.92 Å². The van der Waals surface area contributed by atoms with E-state index < -0.39 is 0 Å². The molecule has 0 aliphatic rings. The van der Waals surface area contributed by atoms with E-state index in [4.69, 9.17) is 16.7 Å². The van der Waals surface area contributed by atoms with E-state index in [2.05, 4.69) is 31.4 Å². The molecule has 0 bridgehead atoms. The van der Waals surface area contributed by atoms with Gasteiger partial charge in [-0.2, -0.15) is 5.10 Å². The molecule has 8 heteroatoms. The van der Waals surface area contributed by atoms with Crippen molar-refractivity contribution in [2.75, 3.05) is 23.7 Å². The molecule has 35 heavy (non-hydrogen) atoms. The van der Waals surface area contributed by atoms with Crippen molar-refractivity contribution in [1.29, 1.82) is 0 Å². The van der Waals surface area contributed by atoms with Crippen LogP contribution in [0.5, 0.6) is 0 Å². The zero-order valence-corrected chi connectivity index (χ0v) is 21.8. The number of carbonyl (C=O) groups is 2. The van der Waals surface area contributed by atoms with Gasteiger partial charge in [-0.25, -0.2) is 9.48 Å². The normalized spacial score (nSPS) is 11.3. The second-order valence-electron chi connectivity index (χ2n) is 9.68. The van der Waals surface area contributed by atoms with E-state index in [-0.39, 0.29) is 23.9 Å². The van der Waals surface area contributed by atoms with Crippen molar-refractivity contribution in [3.8, 4) is 5.69 Å². The third-order valence-electron chi connectivity index (χ3n) is 5.49. The smallest absolute Gasteiger partial charge is 0.315 e. The second kappa shape index (κ2) is 11.4. The van der Waals surface area contributed by atoms with Crippen LogP contribution in [-0.4, -0.2) is 39.7 Å².